The molecule has 107 heavy (non-hydrogen) atoms. The maximum absolute atomic E-state index is 13.5. The first-order valence-electron chi connectivity index (χ1n) is 45.1. The molecule has 0 spiro atoms. The van der Waals surface area contributed by atoms with Crippen molar-refractivity contribution >= 4 is 5.91 Å². The van der Waals surface area contributed by atoms with Crippen LogP contribution in [0.1, 0.15) is 399 Å². The van der Waals surface area contributed by atoms with Gasteiger partial charge in [0.05, 0.1) is 38.6 Å². The molecule has 19 nitrogen and oxygen atoms in total. The van der Waals surface area contributed by atoms with Crippen LogP contribution in [0.15, 0.2) is 24.3 Å². The third-order valence-electron chi connectivity index (χ3n) is 22.8. The van der Waals surface area contributed by atoms with Crippen LogP contribution in [0.4, 0.5) is 0 Å². The Morgan fingerprint density at radius 1 is 0.327 bits per heavy atom. The molecule has 3 heterocycles. The van der Waals surface area contributed by atoms with Gasteiger partial charge in [0.25, 0.3) is 0 Å². The number of hydrogen-bond acceptors (Lipinski definition) is 18. The lowest BCUT2D eigenvalue weighted by Crippen LogP contribution is -2.66. The molecule has 0 bridgehead atoms. The SMILES string of the molecule is CCCCCCCCCCCCCCCCCCCCCCCCCC/C=C/CC/C=C/C(O)C(COC1OC(CO)C(OC2OC(CO)C(OC3OC(CO)C(O)C(O)C3O)C(O)C2O)C(O)C1O)NC(=O)CCCCCCCCCCCCCCCCCCCCCCCCCCCCCCCCCC. The summed E-state index contributed by atoms with van der Waals surface area (Å²) in [5, 5.41) is 121. The Balaban J connectivity index is 1.34. The fourth-order valence-corrected chi connectivity index (χ4v) is 15.6. The van der Waals surface area contributed by atoms with E-state index >= 15 is 0 Å². The first-order valence-corrected chi connectivity index (χ1v) is 45.1. The number of aliphatic hydroxyl groups excluding tert-OH is 11. The first-order chi connectivity index (χ1) is 52.3. The van der Waals surface area contributed by atoms with Gasteiger partial charge in [0.1, 0.15) is 73.2 Å². The number of rotatable bonds is 74. The molecule has 19 heteroatoms. The molecule has 0 aromatic rings. The highest BCUT2D eigenvalue weighted by atomic mass is 16.8. The monoisotopic (exact) mass is 1530 g/mol. The van der Waals surface area contributed by atoms with Crippen molar-refractivity contribution in [1.82, 2.24) is 5.32 Å². The predicted molar refractivity (Wildman–Crippen MR) is 430 cm³/mol. The third kappa shape index (κ3) is 47.7. The van der Waals surface area contributed by atoms with Crippen molar-refractivity contribution in [2.24, 2.45) is 0 Å². The topological polar surface area (TPSA) is 307 Å². The van der Waals surface area contributed by atoms with Gasteiger partial charge in [0.15, 0.2) is 18.9 Å². The lowest BCUT2D eigenvalue weighted by atomic mass is 9.96. The molecular formula is C88H167NO18. The molecule has 0 radical (unpaired) electrons. The van der Waals surface area contributed by atoms with Crippen molar-refractivity contribution in [2.45, 2.75) is 503 Å². The zero-order chi connectivity index (χ0) is 77.4. The smallest absolute Gasteiger partial charge is 0.220 e. The van der Waals surface area contributed by atoms with E-state index in [1.54, 1.807) is 6.08 Å². The highest BCUT2D eigenvalue weighted by Crippen LogP contribution is 2.34. The van der Waals surface area contributed by atoms with E-state index in [1.165, 1.54) is 327 Å². The van der Waals surface area contributed by atoms with Gasteiger partial charge in [-0.25, -0.2) is 0 Å². The van der Waals surface area contributed by atoms with E-state index in [0.717, 1.165) is 38.5 Å². The minimum Gasteiger partial charge on any atom is -0.394 e. The van der Waals surface area contributed by atoms with Gasteiger partial charge >= 0.3 is 0 Å². The van der Waals surface area contributed by atoms with E-state index in [1.807, 2.05) is 6.08 Å². The zero-order valence-electron chi connectivity index (χ0n) is 68.2. The molecule has 3 aliphatic heterocycles. The maximum Gasteiger partial charge on any atom is 0.220 e. The third-order valence-corrected chi connectivity index (χ3v) is 22.8. The molecule has 0 aromatic heterocycles. The summed E-state index contributed by atoms with van der Waals surface area (Å²) in [5.41, 5.74) is 0. The average Bonchev–Trinajstić information content (AvgIpc) is 0.780. The van der Waals surface area contributed by atoms with E-state index in [4.69, 9.17) is 28.4 Å². The minimum atomic E-state index is -1.98. The molecule has 0 aliphatic carbocycles. The normalized spacial score (nSPS) is 25.6. The molecule has 1 amide bonds. The Labute approximate surface area is 651 Å². The second kappa shape index (κ2) is 68.7. The summed E-state index contributed by atoms with van der Waals surface area (Å²) in [6, 6.07) is -0.989. The quantitative estimate of drug-likeness (QED) is 0.0199. The number of nitrogens with one attached hydrogen (secondary N) is 1. The summed E-state index contributed by atoms with van der Waals surface area (Å²) in [5.74, 6) is -0.276. The summed E-state index contributed by atoms with van der Waals surface area (Å²) < 4.78 is 34.5. The van der Waals surface area contributed by atoms with Crippen molar-refractivity contribution in [3.63, 3.8) is 0 Å². The standard InChI is InChI=1S/C88H167NO18/c1-3-5-7-9-11-13-15-17-19-21-23-25-27-29-31-33-35-36-38-40-42-44-46-48-50-52-54-56-58-60-62-64-66-76(94)89-71(72(93)65-63-61-59-57-55-53-51-49-47-45-43-41-39-37-34-32-30-28-26-24-22-20-18-16-14-12-10-8-6-4-2)70-102-86-82(100)79(97)84(74(68-91)104-86)107-88-83(101)80(98)85(75(69-92)105-88)106-87-81(99)78(96)77(95)73(67-90)103-87/h55,57,63,65,71-75,77-88,90-93,95-101H,3-54,56,58-62,64,66-70H2,1-2H3,(H,89,94)/b57-55+,65-63+. The van der Waals surface area contributed by atoms with Crippen LogP contribution in [0.5, 0.6) is 0 Å². The number of unbranched alkanes of at least 4 members (excludes halogenated alkanes) is 56. The fraction of sp³-hybridized carbons (Fsp3) is 0.943. The largest absolute Gasteiger partial charge is 0.394 e. The summed E-state index contributed by atoms with van der Waals surface area (Å²) in [4.78, 5) is 13.5. The van der Waals surface area contributed by atoms with Crippen LogP contribution < -0.4 is 5.32 Å². The van der Waals surface area contributed by atoms with Crippen molar-refractivity contribution in [1.29, 1.82) is 0 Å². The summed E-state index contributed by atoms with van der Waals surface area (Å²) in [7, 11) is 0. The average molecular weight is 1530 g/mol. The Morgan fingerprint density at radius 2 is 0.598 bits per heavy atom. The molecule has 12 N–H and O–H groups in total. The number of hydrogen-bond donors (Lipinski definition) is 12. The Kier molecular flexibility index (Phi) is 63.8. The van der Waals surface area contributed by atoms with Crippen molar-refractivity contribution < 1.29 is 89.4 Å². The van der Waals surface area contributed by atoms with Crippen molar-refractivity contribution in [3.05, 3.63) is 24.3 Å². The van der Waals surface area contributed by atoms with Crippen LogP contribution in [0.25, 0.3) is 0 Å². The molecule has 3 fully saturated rings. The van der Waals surface area contributed by atoms with Gasteiger partial charge in [-0.2, -0.15) is 0 Å². The molecule has 17 unspecified atom stereocenters. The van der Waals surface area contributed by atoms with E-state index in [0.29, 0.717) is 12.8 Å². The number of allylic oxidation sites excluding steroid dienone is 3. The molecule has 17 atom stereocenters. The van der Waals surface area contributed by atoms with Crippen molar-refractivity contribution in [2.75, 3.05) is 26.4 Å². The summed E-state index contributed by atoms with van der Waals surface area (Å²) in [6.07, 6.45) is 59.2. The number of ether oxygens (including phenoxy) is 6. The van der Waals surface area contributed by atoms with Crippen LogP contribution in [0.2, 0.25) is 0 Å². The Bertz CT molecular complexity index is 2020. The van der Waals surface area contributed by atoms with Crippen LogP contribution in [-0.4, -0.2) is 193 Å². The second-order valence-electron chi connectivity index (χ2n) is 32.4. The molecule has 0 aromatic carbocycles. The lowest BCUT2D eigenvalue weighted by molar-refractivity contribution is -0.379. The number of aliphatic hydroxyl groups is 11. The van der Waals surface area contributed by atoms with Gasteiger partial charge < -0.3 is 89.9 Å². The molecule has 3 saturated heterocycles. The highest BCUT2D eigenvalue weighted by molar-refractivity contribution is 5.76. The highest BCUT2D eigenvalue weighted by Gasteiger charge is 2.54. The molecule has 632 valence electrons. The second-order valence-corrected chi connectivity index (χ2v) is 32.4. The minimum absolute atomic E-state index is 0.241. The number of carbonyl (C=O) groups excluding carboxylic acids is 1. The Morgan fingerprint density at radius 3 is 0.935 bits per heavy atom. The molecule has 3 aliphatic rings. The van der Waals surface area contributed by atoms with Crippen LogP contribution in [0.3, 0.4) is 0 Å². The summed E-state index contributed by atoms with van der Waals surface area (Å²) in [6.45, 7) is 1.80. The van der Waals surface area contributed by atoms with Gasteiger partial charge in [-0.15, -0.1) is 0 Å². The van der Waals surface area contributed by atoms with Gasteiger partial charge in [0, 0.05) is 6.42 Å². The summed E-state index contributed by atoms with van der Waals surface area (Å²) >= 11 is 0. The molecular weight excluding hydrogens is 1360 g/mol. The van der Waals surface area contributed by atoms with Gasteiger partial charge in [-0.1, -0.05) is 385 Å². The van der Waals surface area contributed by atoms with Crippen molar-refractivity contribution in [3.8, 4) is 0 Å². The lowest BCUT2D eigenvalue weighted by Gasteiger charge is -2.48. The predicted octanol–water partition coefficient (Wildman–Crippen LogP) is 16.9. The zero-order valence-corrected chi connectivity index (χ0v) is 68.2. The number of amides is 1. The molecule has 0 saturated carbocycles. The van der Waals surface area contributed by atoms with Crippen LogP contribution >= 0.6 is 0 Å². The molecule has 3 rings (SSSR count). The van der Waals surface area contributed by atoms with E-state index in [-0.39, 0.29) is 18.9 Å². The fourth-order valence-electron chi connectivity index (χ4n) is 15.6. The van der Waals surface area contributed by atoms with Gasteiger partial charge in [-0.05, 0) is 32.1 Å². The van der Waals surface area contributed by atoms with Gasteiger partial charge in [0.2, 0.25) is 5.91 Å². The first kappa shape index (κ1) is 99.5. The Hall–Kier alpha value is -1.73. The maximum atomic E-state index is 13.5. The van der Waals surface area contributed by atoms with E-state index in [2.05, 4.69) is 31.3 Å². The van der Waals surface area contributed by atoms with E-state index in [9.17, 15) is 61.0 Å². The van der Waals surface area contributed by atoms with E-state index < -0.39 is 124 Å². The van der Waals surface area contributed by atoms with Gasteiger partial charge in [-0.3, -0.25) is 4.79 Å². The van der Waals surface area contributed by atoms with Crippen LogP contribution in [-0.2, 0) is 33.2 Å². The number of carbonyl (C=O) groups is 1. The van der Waals surface area contributed by atoms with Crippen LogP contribution in [0, 0.1) is 0 Å².